The van der Waals surface area contributed by atoms with Gasteiger partial charge in [-0.2, -0.15) is 0 Å². The van der Waals surface area contributed by atoms with Crippen LogP contribution in [0.3, 0.4) is 0 Å². The molecule has 0 atom stereocenters. The van der Waals surface area contributed by atoms with Gasteiger partial charge < -0.3 is 5.32 Å². The average molecular weight is 147 g/mol. The van der Waals surface area contributed by atoms with E-state index in [4.69, 9.17) is 0 Å². The van der Waals surface area contributed by atoms with Crippen LogP contribution in [0.25, 0.3) is 0 Å². The van der Waals surface area contributed by atoms with Gasteiger partial charge in [-0.25, -0.2) is 0 Å². The molecule has 0 radical (unpaired) electrons. The van der Waals surface area contributed by atoms with Gasteiger partial charge in [0.1, 0.15) is 0 Å². The highest BCUT2D eigenvalue weighted by Crippen LogP contribution is 1.99. The lowest BCUT2D eigenvalue weighted by Gasteiger charge is -1.93. The molecule has 0 amide bonds. The smallest absolute Gasteiger partial charge is 0.00276 e. The van der Waals surface area contributed by atoms with Crippen LogP contribution in [0.4, 0.5) is 0 Å². The first-order chi connectivity index (χ1) is 5.43. The average Bonchev–Trinajstić information content (AvgIpc) is 2.07. The summed E-state index contributed by atoms with van der Waals surface area (Å²) < 4.78 is 0. The Balaban J connectivity index is 2.45. The van der Waals surface area contributed by atoms with Gasteiger partial charge in [-0.3, -0.25) is 0 Å². The summed E-state index contributed by atoms with van der Waals surface area (Å²) in [6.45, 7) is 0. The zero-order valence-electron chi connectivity index (χ0n) is 6.75. The quantitative estimate of drug-likeness (QED) is 0.689. The number of hydrogen-bond acceptors (Lipinski definition) is 1. The second-order valence-electron chi connectivity index (χ2n) is 2.38. The molecule has 0 saturated heterocycles. The van der Waals surface area contributed by atoms with E-state index in [-0.39, 0.29) is 0 Å². The molecule has 0 aliphatic carbocycles. The van der Waals surface area contributed by atoms with Gasteiger partial charge in [0, 0.05) is 7.05 Å². The highest BCUT2D eigenvalue weighted by molar-refractivity contribution is 5.17. The van der Waals surface area contributed by atoms with Gasteiger partial charge in [-0.05, 0) is 18.2 Å². The third-order valence-electron chi connectivity index (χ3n) is 1.48. The summed E-state index contributed by atoms with van der Waals surface area (Å²) in [6.07, 6.45) is 5.06. The third kappa shape index (κ3) is 2.89. The molecule has 1 nitrogen and oxygen atoms in total. The Morgan fingerprint density at radius 3 is 2.64 bits per heavy atom. The van der Waals surface area contributed by atoms with E-state index in [0.29, 0.717) is 0 Å². The molecule has 0 aliphatic rings. The second-order valence-corrected chi connectivity index (χ2v) is 2.38. The van der Waals surface area contributed by atoms with E-state index in [1.54, 1.807) is 0 Å². The molecule has 58 valence electrons. The summed E-state index contributed by atoms with van der Waals surface area (Å²) in [5.41, 5.74) is 1.35. The third-order valence-corrected chi connectivity index (χ3v) is 1.48. The zero-order chi connectivity index (χ0) is 7.94. The normalized spacial score (nSPS) is 10.3. The predicted molar refractivity (Wildman–Crippen MR) is 48.3 cm³/mol. The molecule has 0 aromatic heterocycles. The Hall–Kier alpha value is -1.24. The van der Waals surface area contributed by atoms with Crippen molar-refractivity contribution >= 4 is 0 Å². The first-order valence-corrected chi connectivity index (χ1v) is 3.79. The number of allylic oxidation sites excluding steroid dienone is 1. The van der Waals surface area contributed by atoms with Gasteiger partial charge >= 0.3 is 0 Å². The number of rotatable bonds is 3. The molecule has 11 heavy (non-hydrogen) atoms. The molecule has 1 heteroatoms. The maximum Gasteiger partial charge on any atom is 0.00276 e. The molecule has 0 aliphatic heterocycles. The lowest BCUT2D eigenvalue weighted by Crippen LogP contribution is -1.91. The van der Waals surface area contributed by atoms with E-state index >= 15 is 0 Å². The van der Waals surface area contributed by atoms with Crippen LogP contribution < -0.4 is 5.32 Å². The Labute approximate surface area is 67.8 Å². The molecular weight excluding hydrogens is 134 g/mol. The fourth-order valence-electron chi connectivity index (χ4n) is 0.927. The lowest BCUT2D eigenvalue weighted by molar-refractivity contribution is 1.08. The molecule has 0 heterocycles. The zero-order valence-corrected chi connectivity index (χ0v) is 6.75. The minimum Gasteiger partial charge on any atom is -0.394 e. The standard InChI is InChI=1S/C10H13N/c1-11-9-5-8-10-6-3-2-4-7-10/h2-7,9,11H,8H2,1H3. The monoisotopic (exact) mass is 147 g/mol. The summed E-state index contributed by atoms with van der Waals surface area (Å²) in [5.74, 6) is 0. The minimum absolute atomic E-state index is 1.00. The van der Waals surface area contributed by atoms with Crippen molar-refractivity contribution in [2.75, 3.05) is 7.05 Å². The highest BCUT2D eigenvalue weighted by Gasteiger charge is 1.83. The maximum absolute atomic E-state index is 2.96. The fraction of sp³-hybridized carbons (Fsp3) is 0.200. The molecule has 0 spiro atoms. The fourth-order valence-corrected chi connectivity index (χ4v) is 0.927. The SMILES string of the molecule is CNC=CCc1ccccc1. The van der Waals surface area contributed by atoms with E-state index in [2.05, 4.69) is 35.7 Å². The van der Waals surface area contributed by atoms with Crippen LogP contribution in [-0.2, 0) is 6.42 Å². The van der Waals surface area contributed by atoms with Crippen LogP contribution in [-0.4, -0.2) is 7.05 Å². The van der Waals surface area contributed by atoms with Crippen LogP contribution >= 0.6 is 0 Å². The van der Waals surface area contributed by atoms with Gasteiger partial charge in [0.05, 0.1) is 0 Å². The van der Waals surface area contributed by atoms with Crippen LogP contribution in [0.15, 0.2) is 42.6 Å². The van der Waals surface area contributed by atoms with E-state index in [1.165, 1.54) is 5.56 Å². The summed E-state index contributed by atoms with van der Waals surface area (Å²) in [4.78, 5) is 0. The van der Waals surface area contributed by atoms with Crippen molar-refractivity contribution in [3.63, 3.8) is 0 Å². The van der Waals surface area contributed by atoms with Crippen molar-refractivity contribution in [3.05, 3.63) is 48.2 Å². The predicted octanol–water partition coefficient (Wildman–Crippen LogP) is 1.96. The second kappa shape index (κ2) is 4.56. The van der Waals surface area contributed by atoms with Crippen LogP contribution in [0, 0.1) is 0 Å². The van der Waals surface area contributed by atoms with Crippen molar-refractivity contribution in [2.45, 2.75) is 6.42 Å². The van der Waals surface area contributed by atoms with Crippen molar-refractivity contribution in [1.82, 2.24) is 5.32 Å². The molecule has 0 unspecified atom stereocenters. The van der Waals surface area contributed by atoms with E-state index in [1.807, 2.05) is 19.3 Å². The van der Waals surface area contributed by atoms with Crippen LogP contribution in [0.1, 0.15) is 5.56 Å². The molecule has 1 aromatic rings. The number of benzene rings is 1. The first-order valence-electron chi connectivity index (χ1n) is 3.79. The largest absolute Gasteiger partial charge is 0.394 e. The molecule has 0 saturated carbocycles. The summed E-state index contributed by atoms with van der Waals surface area (Å²) in [6, 6.07) is 10.4. The summed E-state index contributed by atoms with van der Waals surface area (Å²) in [7, 11) is 1.90. The Morgan fingerprint density at radius 2 is 2.00 bits per heavy atom. The maximum atomic E-state index is 2.96. The van der Waals surface area contributed by atoms with Gasteiger partial charge in [0.15, 0.2) is 0 Å². The molecule has 1 N–H and O–H groups in total. The molecule has 1 aromatic carbocycles. The Kier molecular flexibility index (Phi) is 3.26. The number of hydrogen-bond donors (Lipinski definition) is 1. The van der Waals surface area contributed by atoms with Gasteiger partial charge in [-0.1, -0.05) is 36.4 Å². The van der Waals surface area contributed by atoms with Crippen molar-refractivity contribution in [2.24, 2.45) is 0 Å². The van der Waals surface area contributed by atoms with E-state index < -0.39 is 0 Å². The minimum atomic E-state index is 1.00. The number of nitrogens with one attached hydrogen (secondary N) is 1. The molecule has 1 rings (SSSR count). The summed E-state index contributed by atoms with van der Waals surface area (Å²) >= 11 is 0. The van der Waals surface area contributed by atoms with Crippen molar-refractivity contribution in [3.8, 4) is 0 Å². The van der Waals surface area contributed by atoms with Gasteiger partial charge in [0.25, 0.3) is 0 Å². The van der Waals surface area contributed by atoms with Gasteiger partial charge in [0.2, 0.25) is 0 Å². The van der Waals surface area contributed by atoms with Crippen molar-refractivity contribution in [1.29, 1.82) is 0 Å². The topological polar surface area (TPSA) is 12.0 Å². The highest BCUT2D eigenvalue weighted by atomic mass is 14.8. The van der Waals surface area contributed by atoms with Crippen LogP contribution in [0.5, 0.6) is 0 Å². The van der Waals surface area contributed by atoms with Crippen molar-refractivity contribution < 1.29 is 0 Å². The van der Waals surface area contributed by atoms with E-state index in [0.717, 1.165) is 6.42 Å². The van der Waals surface area contributed by atoms with Gasteiger partial charge in [-0.15, -0.1) is 0 Å². The molecule has 0 fully saturated rings. The summed E-state index contributed by atoms with van der Waals surface area (Å²) in [5, 5.41) is 2.96. The van der Waals surface area contributed by atoms with E-state index in [9.17, 15) is 0 Å². The lowest BCUT2D eigenvalue weighted by atomic mass is 10.1. The Morgan fingerprint density at radius 1 is 1.27 bits per heavy atom. The first kappa shape index (κ1) is 7.86. The van der Waals surface area contributed by atoms with Crippen LogP contribution in [0.2, 0.25) is 0 Å². The Bertz CT molecular complexity index is 214. The molecule has 0 bridgehead atoms. The molecular formula is C10H13N.